The predicted octanol–water partition coefficient (Wildman–Crippen LogP) is 5.56. The van der Waals surface area contributed by atoms with E-state index in [9.17, 15) is 4.79 Å². The summed E-state index contributed by atoms with van der Waals surface area (Å²) in [6.45, 7) is 9.03. The molecule has 33 heavy (non-hydrogen) atoms. The number of aromatic nitrogens is 3. The maximum absolute atomic E-state index is 13.4. The van der Waals surface area contributed by atoms with Crippen LogP contribution in [0, 0.1) is 5.41 Å². The average Bonchev–Trinajstić information content (AvgIpc) is 3.21. The van der Waals surface area contributed by atoms with Gasteiger partial charge in [-0.3, -0.25) is 4.79 Å². The number of fused-ring (bicyclic) bond motifs is 1. The van der Waals surface area contributed by atoms with Crippen molar-refractivity contribution in [3.8, 4) is 17.1 Å². The summed E-state index contributed by atoms with van der Waals surface area (Å²) in [7, 11) is 0. The van der Waals surface area contributed by atoms with Crippen molar-refractivity contribution in [1.82, 2.24) is 14.8 Å². The van der Waals surface area contributed by atoms with E-state index in [0.717, 1.165) is 41.0 Å². The monoisotopic (exact) mass is 442 g/mol. The van der Waals surface area contributed by atoms with Gasteiger partial charge < -0.3 is 10.1 Å². The zero-order valence-electron chi connectivity index (χ0n) is 19.7. The summed E-state index contributed by atoms with van der Waals surface area (Å²) in [5, 5.41) is 8.33. The molecule has 0 amide bonds. The molecule has 1 unspecified atom stereocenters. The molecule has 1 aliphatic heterocycles. The number of ether oxygens (including phenoxy) is 1. The number of benzene rings is 2. The Morgan fingerprint density at radius 1 is 1.06 bits per heavy atom. The zero-order chi connectivity index (χ0) is 23.2. The van der Waals surface area contributed by atoms with Gasteiger partial charge in [-0.1, -0.05) is 45.0 Å². The topological polar surface area (TPSA) is 69.0 Å². The van der Waals surface area contributed by atoms with Gasteiger partial charge in [-0.15, -0.1) is 5.10 Å². The highest BCUT2D eigenvalue weighted by atomic mass is 16.5. The second-order valence-electron chi connectivity index (χ2n) is 9.62. The zero-order valence-corrected chi connectivity index (χ0v) is 19.7. The van der Waals surface area contributed by atoms with Crippen LogP contribution in [-0.4, -0.2) is 27.2 Å². The number of carbonyl (C=O) groups is 1. The molecule has 2 heterocycles. The summed E-state index contributed by atoms with van der Waals surface area (Å²) in [5.74, 6) is 2.30. The molecule has 170 valence electrons. The minimum absolute atomic E-state index is 0.0837. The third-order valence-electron chi connectivity index (χ3n) is 6.46. The molecule has 0 saturated heterocycles. The van der Waals surface area contributed by atoms with Gasteiger partial charge in [0.15, 0.2) is 11.6 Å². The molecule has 6 heteroatoms. The Morgan fingerprint density at radius 2 is 1.79 bits per heavy atom. The second kappa shape index (κ2) is 8.18. The first-order chi connectivity index (χ1) is 15.9. The quantitative estimate of drug-likeness (QED) is 0.560. The third kappa shape index (κ3) is 3.94. The van der Waals surface area contributed by atoms with Crippen LogP contribution in [0.3, 0.4) is 0 Å². The molecule has 0 spiro atoms. The normalized spacial score (nSPS) is 19.0. The molecule has 0 bridgehead atoms. The highest BCUT2D eigenvalue weighted by Gasteiger charge is 2.41. The summed E-state index contributed by atoms with van der Waals surface area (Å²) in [5.41, 5.74) is 4.94. The lowest BCUT2D eigenvalue weighted by Gasteiger charge is -2.38. The minimum Gasteiger partial charge on any atom is -0.494 e. The second-order valence-corrected chi connectivity index (χ2v) is 9.62. The van der Waals surface area contributed by atoms with Gasteiger partial charge in [-0.2, -0.15) is 4.98 Å². The van der Waals surface area contributed by atoms with Crippen LogP contribution in [0.5, 0.6) is 5.75 Å². The Balaban J connectivity index is 1.60. The van der Waals surface area contributed by atoms with Gasteiger partial charge in [0.2, 0.25) is 5.95 Å². The molecule has 2 aromatic carbocycles. The number of hydrogen-bond acceptors (Lipinski definition) is 5. The smallest absolute Gasteiger partial charge is 0.226 e. The molecule has 2 aliphatic rings. The maximum atomic E-state index is 13.4. The van der Waals surface area contributed by atoms with Gasteiger partial charge in [-0.05, 0) is 60.6 Å². The summed E-state index contributed by atoms with van der Waals surface area (Å²) in [4.78, 5) is 18.2. The van der Waals surface area contributed by atoms with Crippen molar-refractivity contribution in [2.24, 2.45) is 5.41 Å². The fourth-order valence-electron chi connectivity index (χ4n) is 4.84. The fraction of sp³-hybridized carbons (Fsp3) is 0.370. The molecule has 5 rings (SSSR count). The SMILES string of the molecule is CCOc1ccc(-c2nc3n(n2)C(c2ccc(CC)cc2)C2=C(CC(C)(C)CC2=O)N3)cc1. The van der Waals surface area contributed by atoms with Crippen LogP contribution < -0.4 is 10.1 Å². The highest BCUT2D eigenvalue weighted by Crippen LogP contribution is 2.45. The Kier molecular flexibility index (Phi) is 5.31. The number of nitrogens with one attached hydrogen (secondary N) is 1. The van der Waals surface area contributed by atoms with Gasteiger partial charge in [0.25, 0.3) is 0 Å². The molecular weight excluding hydrogens is 412 g/mol. The standard InChI is InChI=1S/C27H30N4O2/c1-5-17-7-9-18(10-8-17)24-23-21(15-27(3,4)16-22(23)32)28-26-29-25(30-31(24)26)19-11-13-20(14-12-19)33-6-2/h7-14,24H,5-6,15-16H2,1-4H3,(H,28,29,30). The van der Waals surface area contributed by atoms with E-state index in [1.54, 1.807) is 0 Å². The van der Waals surface area contributed by atoms with E-state index in [4.69, 9.17) is 14.8 Å². The number of anilines is 1. The van der Waals surface area contributed by atoms with Crippen molar-refractivity contribution in [3.05, 3.63) is 70.9 Å². The Morgan fingerprint density at radius 3 is 2.45 bits per heavy atom. The van der Waals surface area contributed by atoms with Gasteiger partial charge in [0.05, 0.1) is 6.61 Å². The summed E-state index contributed by atoms with van der Waals surface area (Å²) < 4.78 is 7.44. The van der Waals surface area contributed by atoms with E-state index in [1.165, 1.54) is 5.56 Å². The van der Waals surface area contributed by atoms with Crippen molar-refractivity contribution in [2.45, 2.75) is 53.0 Å². The van der Waals surface area contributed by atoms with E-state index in [0.29, 0.717) is 24.8 Å². The summed E-state index contributed by atoms with van der Waals surface area (Å²) in [6.07, 6.45) is 2.32. The van der Waals surface area contributed by atoms with Gasteiger partial charge in [0.1, 0.15) is 11.8 Å². The third-order valence-corrected chi connectivity index (χ3v) is 6.46. The Labute approximate surface area is 194 Å². The average molecular weight is 443 g/mol. The Hall–Kier alpha value is -3.41. The molecule has 3 aromatic rings. The number of aryl methyl sites for hydroxylation is 1. The molecular formula is C27H30N4O2. The number of hydrogen-bond donors (Lipinski definition) is 1. The predicted molar refractivity (Wildman–Crippen MR) is 129 cm³/mol. The van der Waals surface area contributed by atoms with E-state index >= 15 is 0 Å². The highest BCUT2D eigenvalue weighted by molar-refractivity contribution is 6.00. The number of rotatable bonds is 5. The van der Waals surface area contributed by atoms with Crippen LogP contribution >= 0.6 is 0 Å². The molecule has 0 radical (unpaired) electrons. The van der Waals surface area contributed by atoms with Crippen molar-refractivity contribution < 1.29 is 9.53 Å². The number of ketones is 1. The molecule has 0 fully saturated rings. The van der Waals surface area contributed by atoms with Gasteiger partial charge in [0, 0.05) is 23.3 Å². The largest absolute Gasteiger partial charge is 0.494 e. The Bertz CT molecular complexity index is 1220. The number of nitrogens with zero attached hydrogens (tertiary/aromatic N) is 3. The van der Waals surface area contributed by atoms with E-state index in [-0.39, 0.29) is 17.2 Å². The molecule has 1 aliphatic carbocycles. The first kappa shape index (κ1) is 21.4. The van der Waals surface area contributed by atoms with Crippen molar-refractivity contribution in [1.29, 1.82) is 0 Å². The summed E-state index contributed by atoms with van der Waals surface area (Å²) in [6, 6.07) is 16.0. The molecule has 1 N–H and O–H groups in total. The lowest BCUT2D eigenvalue weighted by molar-refractivity contribution is -0.118. The van der Waals surface area contributed by atoms with Crippen LogP contribution in [0.2, 0.25) is 0 Å². The first-order valence-corrected chi connectivity index (χ1v) is 11.7. The van der Waals surface area contributed by atoms with Crippen molar-refractivity contribution >= 4 is 11.7 Å². The molecule has 1 atom stereocenters. The van der Waals surface area contributed by atoms with Crippen molar-refractivity contribution in [2.75, 3.05) is 11.9 Å². The van der Waals surface area contributed by atoms with Crippen LogP contribution in [0.15, 0.2) is 59.8 Å². The van der Waals surface area contributed by atoms with E-state index in [2.05, 4.69) is 50.4 Å². The van der Waals surface area contributed by atoms with Crippen molar-refractivity contribution in [3.63, 3.8) is 0 Å². The lowest BCUT2D eigenvalue weighted by Crippen LogP contribution is -2.36. The van der Waals surface area contributed by atoms with Gasteiger partial charge >= 0.3 is 0 Å². The molecule has 1 aromatic heterocycles. The minimum atomic E-state index is -0.283. The number of carbonyl (C=O) groups excluding carboxylic acids is 1. The van der Waals surface area contributed by atoms with Crippen LogP contribution in [-0.2, 0) is 11.2 Å². The fourth-order valence-corrected chi connectivity index (χ4v) is 4.84. The van der Waals surface area contributed by atoms with Crippen LogP contribution in [0.1, 0.15) is 57.7 Å². The van der Waals surface area contributed by atoms with Crippen LogP contribution in [0.4, 0.5) is 5.95 Å². The summed E-state index contributed by atoms with van der Waals surface area (Å²) >= 11 is 0. The molecule has 0 saturated carbocycles. The maximum Gasteiger partial charge on any atom is 0.226 e. The number of Topliss-reactive ketones (excluding diaryl/α,β-unsaturated/α-hetero) is 1. The number of allylic oxidation sites excluding steroid dienone is 2. The van der Waals surface area contributed by atoms with Gasteiger partial charge in [-0.25, -0.2) is 4.68 Å². The van der Waals surface area contributed by atoms with E-state index < -0.39 is 0 Å². The molecule has 6 nitrogen and oxygen atoms in total. The van der Waals surface area contributed by atoms with Crippen LogP contribution in [0.25, 0.3) is 11.4 Å². The first-order valence-electron chi connectivity index (χ1n) is 11.7. The van der Waals surface area contributed by atoms with E-state index in [1.807, 2.05) is 35.9 Å². The lowest BCUT2D eigenvalue weighted by atomic mass is 9.73.